The zero-order valence-electron chi connectivity index (χ0n) is 14.4. The number of nitrogens with zero attached hydrogens (tertiary/aromatic N) is 4. The topological polar surface area (TPSA) is 49.3 Å². The molecule has 25 heavy (non-hydrogen) atoms. The van der Waals surface area contributed by atoms with Crippen LogP contribution in [-0.2, 0) is 17.8 Å². The van der Waals surface area contributed by atoms with E-state index in [2.05, 4.69) is 43.9 Å². The van der Waals surface area contributed by atoms with Crippen LogP contribution in [0.25, 0.3) is 0 Å². The lowest BCUT2D eigenvalue weighted by Gasteiger charge is -2.33. The molecule has 0 amide bonds. The molecule has 3 rings (SSSR count). The number of carbonyl (C=O) groups excluding carboxylic acids is 1. The van der Waals surface area contributed by atoms with Gasteiger partial charge in [0.1, 0.15) is 11.0 Å². The Morgan fingerprint density at radius 1 is 1.16 bits per heavy atom. The Morgan fingerprint density at radius 2 is 1.84 bits per heavy atom. The van der Waals surface area contributed by atoms with Crippen molar-refractivity contribution in [2.24, 2.45) is 0 Å². The van der Waals surface area contributed by atoms with Gasteiger partial charge in [0, 0.05) is 50.9 Å². The van der Waals surface area contributed by atoms with Gasteiger partial charge in [-0.1, -0.05) is 35.9 Å². The van der Waals surface area contributed by atoms with E-state index in [0.29, 0.717) is 11.6 Å². The Bertz CT molecular complexity index is 718. The predicted octanol–water partition coefficient (Wildman–Crippen LogP) is 1.96. The molecule has 1 aromatic heterocycles. The van der Waals surface area contributed by atoms with Crippen LogP contribution in [0.15, 0.2) is 30.5 Å². The van der Waals surface area contributed by atoms with Crippen molar-refractivity contribution in [1.82, 2.24) is 19.7 Å². The van der Waals surface area contributed by atoms with Crippen LogP contribution in [0.3, 0.4) is 0 Å². The minimum absolute atomic E-state index is 0.521. The molecule has 1 aliphatic heterocycles. The molecule has 0 unspecified atom stereocenters. The van der Waals surface area contributed by atoms with E-state index in [1.54, 1.807) is 13.6 Å². The molecule has 1 radical (unpaired) electrons. The minimum Gasteiger partial charge on any atom is -0.338 e. The van der Waals surface area contributed by atoms with Gasteiger partial charge in [-0.2, -0.15) is 0 Å². The summed E-state index contributed by atoms with van der Waals surface area (Å²) in [5.74, 6) is 0.742. The molecule has 1 aliphatic rings. The Kier molecular flexibility index (Phi) is 6.18. The standard InChI is InChI=1S/C18H21BClN4O/c1-14-11-21-17(22-18(14)20)10-15-2-4-16(5-3-15)12-23-6-8-24(9-7-23)19-13-25/h2-5,11,13H,6-10,12H2,1H3. The van der Waals surface area contributed by atoms with Gasteiger partial charge in [-0.15, -0.1) is 0 Å². The minimum atomic E-state index is 0.521. The summed E-state index contributed by atoms with van der Waals surface area (Å²) in [6.07, 6.45) is 3.31. The maximum Gasteiger partial charge on any atom is 0.293 e. The van der Waals surface area contributed by atoms with Crippen LogP contribution in [0.2, 0.25) is 5.15 Å². The molecule has 0 spiro atoms. The second-order valence-corrected chi connectivity index (χ2v) is 6.71. The first-order valence-corrected chi connectivity index (χ1v) is 8.83. The molecule has 7 heteroatoms. The third kappa shape index (κ3) is 5.11. The molecule has 1 saturated heterocycles. The molecule has 5 nitrogen and oxygen atoms in total. The molecule has 0 bridgehead atoms. The average molecular weight is 356 g/mol. The first-order chi connectivity index (χ1) is 12.1. The summed E-state index contributed by atoms with van der Waals surface area (Å²) in [5, 5.41) is 0.521. The van der Waals surface area contributed by atoms with Crippen molar-refractivity contribution in [1.29, 1.82) is 0 Å². The van der Waals surface area contributed by atoms with E-state index >= 15 is 0 Å². The van der Waals surface area contributed by atoms with Crippen molar-refractivity contribution >= 4 is 25.2 Å². The third-order valence-corrected chi connectivity index (χ3v) is 4.81. The quantitative estimate of drug-likeness (QED) is 0.450. The molecular weight excluding hydrogens is 334 g/mol. The molecule has 0 atom stereocenters. The van der Waals surface area contributed by atoms with E-state index in [4.69, 9.17) is 11.6 Å². The monoisotopic (exact) mass is 355 g/mol. The van der Waals surface area contributed by atoms with Crippen LogP contribution < -0.4 is 0 Å². The lowest BCUT2D eigenvalue weighted by atomic mass is 9.93. The number of aromatic nitrogens is 2. The summed E-state index contributed by atoms with van der Waals surface area (Å²) < 4.78 is 0. The molecule has 0 saturated carbocycles. The molecule has 2 aromatic rings. The number of carbonyl (C=O) groups is 1. The van der Waals surface area contributed by atoms with Gasteiger partial charge >= 0.3 is 0 Å². The van der Waals surface area contributed by atoms with Gasteiger partial charge in [0.05, 0.1) is 6.19 Å². The molecule has 0 aliphatic carbocycles. The van der Waals surface area contributed by atoms with Crippen LogP contribution in [-0.4, -0.2) is 59.5 Å². The zero-order chi connectivity index (χ0) is 17.6. The average Bonchev–Trinajstić information content (AvgIpc) is 2.62. The van der Waals surface area contributed by atoms with E-state index in [0.717, 1.165) is 50.3 Å². The van der Waals surface area contributed by atoms with Gasteiger partial charge in [0.15, 0.2) is 0 Å². The first-order valence-electron chi connectivity index (χ1n) is 8.45. The van der Waals surface area contributed by atoms with Gasteiger partial charge < -0.3 is 9.61 Å². The maximum absolute atomic E-state index is 10.5. The first kappa shape index (κ1) is 18.0. The van der Waals surface area contributed by atoms with Gasteiger partial charge in [0.25, 0.3) is 7.41 Å². The Balaban J connectivity index is 1.53. The number of rotatable bonds is 6. The highest BCUT2D eigenvalue weighted by Gasteiger charge is 2.17. The van der Waals surface area contributed by atoms with Crippen LogP contribution in [0, 0.1) is 6.92 Å². The fourth-order valence-corrected chi connectivity index (χ4v) is 3.05. The second-order valence-electron chi connectivity index (χ2n) is 6.35. The van der Waals surface area contributed by atoms with Crippen LogP contribution in [0.4, 0.5) is 0 Å². The highest BCUT2D eigenvalue weighted by molar-refractivity contribution is 6.64. The summed E-state index contributed by atoms with van der Waals surface area (Å²) in [6, 6.07) is 8.58. The van der Waals surface area contributed by atoms with E-state index in [1.165, 1.54) is 11.1 Å². The van der Waals surface area contributed by atoms with Crippen LogP contribution in [0.1, 0.15) is 22.5 Å². The summed E-state index contributed by atoms with van der Waals surface area (Å²) in [4.78, 5) is 23.7. The van der Waals surface area contributed by atoms with Gasteiger partial charge in [-0.05, 0) is 18.1 Å². The Labute approximate surface area is 154 Å². The number of halogens is 1. The van der Waals surface area contributed by atoms with E-state index < -0.39 is 0 Å². The van der Waals surface area contributed by atoms with Crippen molar-refractivity contribution in [3.05, 3.63) is 58.1 Å². The summed E-state index contributed by atoms with van der Waals surface area (Å²) >= 11 is 6.06. The highest BCUT2D eigenvalue weighted by atomic mass is 35.5. The number of hydrogen-bond donors (Lipinski definition) is 0. The highest BCUT2D eigenvalue weighted by Crippen LogP contribution is 2.14. The number of hydrogen-bond acceptors (Lipinski definition) is 5. The lowest BCUT2D eigenvalue weighted by molar-refractivity contribution is 0.183. The fraction of sp³-hybridized carbons (Fsp3) is 0.389. The van der Waals surface area contributed by atoms with Gasteiger partial charge in [0.2, 0.25) is 0 Å². The van der Waals surface area contributed by atoms with Gasteiger partial charge in [-0.25, -0.2) is 9.97 Å². The molecule has 1 fully saturated rings. The van der Waals surface area contributed by atoms with E-state index in [1.807, 2.05) is 6.92 Å². The lowest BCUT2D eigenvalue weighted by Crippen LogP contribution is -2.47. The third-order valence-electron chi connectivity index (χ3n) is 4.43. The summed E-state index contributed by atoms with van der Waals surface area (Å²) in [7, 11) is 1.63. The maximum atomic E-state index is 10.5. The molecular formula is C18H21BClN4O. The predicted molar refractivity (Wildman–Crippen MR) is 100 cm³/mol. The molecule has 0 N–H and O–H groups in total. The number of aryl methyl sites for hydroxylation is 1. The second kappa shape index (κ2) is 8.56. The summed E-state index contributed by atoms with van der Waals surface area (Å²) in [5.41, 5.74) is 3.36. The fourth-order valence-electron chi connectivity index (χ4n) is 2.90. The summed E-state index contributed by atoms with van der Waals surface area (Å²) in [6.45, 7) is 6.59. The van der Waals surface area contributed by atoms with Crippen molar-refractivity contribution in [3.63, 3.8) is 0 Å². The molecule has 129 valence electrons. The van der Waals surface area contributed by atoms with Crippen molar-refractivity contribution in [2.75, 3.05) is 26.2 Å². The molecule has 1 aromatic carbocycles. The van der Waals surface area contributed by atoms with Crippen LogP contribution >= 0.6 is 11.6 Å². The molecule has 2 heterocycles. The van der Waals surface area contributed by atoms with E-state index in [-0.39, 0.29) is 0 Å². The van der Waals surface area contributed by atoms with Crippen LogP contribution in [0.5, 0.6) is 0 Å². The van der Waals surface area contributed by atoms with E-state index in [9.17, 15) is 4.79 Å². The van der Waals surface area contributed by atoms with Crippen molar-refractivity contribution < 1.29 is 4.79 Å². The SMILES string of the molecule is Cc1cnc(Cc2ccc(CN3CCN([B]C=O)CC3)cc2)nc1Cl. The normalized spacial score (nSPS) is 15.9. The number of benzene rings is 1. The smallest absolute Gasteiger partial charge is 0.293 e. The Morgan fingerprint density at radius 3 is 2.48 bits per heavy atom. The van der Waals surface area contributed by atoms with Crippen molar-refractivity contribution in [3.8, 4) is 0 Å². The van der Waals surface area contributed by atoms with Crippen molar-refractivity contribution in [2.45, 2.75) is 19.9 Å². The Hall–Kier alpha value is -1.76. The van der Waals surface area contributed by atoms with Gasteiger partial charge in [-0.3, -0.25) is 4.90 Å². The number of piperazine rings is 1. The zero-order valence-corrected chi connectivity index (χ0v) is 15.1. The largest absolute Gasteiger partial charge is 0.338 e.